The molecule has 0 aromatic heterocycles. The van der Waals surface area contributed by atoms with Crippen molar-refractivity contribution >= 4 is 23.0 Å². The second kappa shape index (κ2) is 5.16. The van der Waals surface area contributed by atoms with Crippen LogP contribution in [0.25, 0.3) is 0 Å². The van der Waals surface area contributed by atoms with E-state index in [9.17, 15) is 4.79 Å². The van der Waals surface area contributed by atoms with Crippen molar-refractivity contribution in [2.75, 3.05) is 36.1 Å². The standard InChI is InChI=1S/C13H19N3O2/c1-3-4-5-16(2)11-7-10-12(6-9(11)14)18-8-13(17)15-10/h6-7H,3-5,8,14H2,1-2H3,(H,15,17). The number of hydrogen-bond donors (Lipinski definition) is 2. The third-order valence-corrected chi connectivity index (χ3v) is 3.02. The molecule has 1 aromatic rings. The number of nitrogens with two attached hydrogens (primary N) is 1. The summed E-state index contributed by atoms with van der Waals surface area (Å²) in [6, 6.07) is 3.64. The first-order valence-corrected chi connectivity index (χ1v) is 6.19. The van der Waals surface area contributed by atoms with Crippen LogP contribution >= 0.6 is 0 Å². The van der Waals surface area contributed by atoms with E-state index in [-0.39, 0.29) is 12.5 Å². The molecule has 2 rings (SSSR count). The van der Waals surface area contributed by atoms with Crippen LogP contribution in [0.15, 0.2) is 12.1 Å². The fourth-order valence-corrected chi connectivity index (χ4v) is 1.98. The molecule has 0 atom stereocenters. The summed E-state index contributed by atoms with van der Waals surface area (Å²) in [4.78, 5) is 13.4. The van der Waals surface area contributed by atoms with Crippen molar-refractivity contribution in [3.05, 3.63) is 12.1 Å². The minimum Gasteiger partial charge on any atom is -0.482 e. The lowest BCUT2D eigenvalue weighted by Crippen LogP contribution is -2.26. The average molecular weight is 249 g/mol. The first kappa shape index (κ1) is 12.5. The number of amides is 1. The van der Waals surface area contributed by atoms with E-state index in [4.69, 9.17) is 10.5 Å². The van der Waals surface area contributed by atoms with Crippen molar-refractivity contribution < 1.29 is 9.53 Å². The smallest absolute Gasteiger partial charge is 0.262 e. The number of nitrogen functional groups attached to an aromatic ring is 1. The van der Waals surface area contributed by atoms with Gasteiger partial charge in [0.25, 0.3) is 5.91 Å². The van der Waals surface area contributed by atoms with E-state index in [1.54, 1.807) is 6.07 Å². The minimum absolute atomic E-state index is 0.0530. The van der Waals surface area contributed by atoms with Crippen LogP contribution in [0.1, 0.15) is 19.8 Å². The van der Waals surface area contributed by atoms with Gasteiger partial charge in [0.2, 0.25) is 0 Å². The Labute approximate surface area is 107 Å². The molecule has 5 nitrogen and oxygen atoms in total. The maximum absolute atomic E-state index is 11.3. The van der Waals surface area contributed by atoms with E-state index in [0.29, 0.717) is 17.1 Å². The third-order valence-electron chi connectivity index (χ3n) is 3.02. The number of rotatable bonds is 4. The van der Waals surface area contributed by atoms with Crippen LogP contribution in [0, 0.1) is 0 Å². The topological polar surface area (TPSA) is 67.6 Å². The number of fused-ring (bicyclic) bond motifs is 1. The lowest BCUT2D eigenvalue weighted by atomic mass is 10.2. The highest BCUT2D eigenvalue weighted by Crippen LogP contribution is 2.36. The number of nitrogens with one attached hydrogen (secondary N) is 1. The molecule has 0 aliphatic carbocycles. The van der Waals surface area contributed by atoms with Gasteiger partial charge in [0.1, 0.15) is 5.75 Å². The van der Waals surface area contributed by atoms with E-state index in [1.807, 2.05) is 13.1 Å². The van der Waals surface area contributed by atoms with Crippen LogP contribution in [0.4, 0.5) is 17.1 Å². The maximum Gasteiger partial charge on any atom is 0.262 e. The Bertz CT molecular complexity index is 460. The van der Waals surface area contributed by atoms with Crippen molar-refractivity contribution in [3.8, 4) is 5.75 Å². The van der Waals surface area contributed by atoms with Crippen LogP contribution in [0.2, 0.25) is 0 Å². The van der Waals surface area contributed by atoms with Gasteiger partial charge in [0.15, 0.2) is 6.61 Å². The molecule has 1 aliphatic rings. The molecule has 0 saturated heterocycles. The average Bonchev–Trinajstić information content (AvgIpc) is 2.35. The maximum atomic E-state index is 11.3. The van der Waals surface area contributed by atoms with Gasteiger partial charge in [-0.15, -0.1) is 0 Å². The number of carbonyl (C=O) groups is 1. The predicted octanol–water partition coefficient (Wildman–Crippen LogP) is 1.84. The molecule has 0 radical (unpaired) electrons. The largest absolute Gasteiger partial charge is 0.482 e. The highest BCUT2D eigenvalue weighted by Gasteiger charge is 2.18. The SMILES string of the molecule is CCCCN(C)c1cc2c(cc1N)OCC(=O)N2. The number of hydrogen-bond acceptors (Lipinski definition) is 4. The number of anilines is 3. The summed E-state index contributed by atoms with van der Waals surface area (Å²) < 4.78 is 5.32. The minimum atomic E-state index is -0.130. The Balaban J connectivity index is 2.26. The van der Waals surface area contributed by atoms with Gasteiger partial charge in [0.05, 0.1) is 17.1 Å². The van der Waals surface area contributed by atoms with Crippen molar-refractivity contribution in [1.82, 2.24) is 0 Å². The fraction of sp³-hybridized carbons (Fsp3) is 0.462. The first-order valence-electron chi connectivity index (χ1n) is 6.19. The van der Waals surface area contributed by atoms with E-state index in [2.05, 4.69) is 17.1 Å². The van der Waals surface area contributed by atoms with Crippen LogP contribution < -0.4 is 20.7 Å². The van der Waals surface area contributed by atoms with Gasteiger partial charge in [-0.1, -0.05) is 13.3 Å². The summed E-state index contributed by atoms with van der Waals surface area (Å²) in [6.07, 6.45) is 2.24. The van der Waals surface area contributed by atoms with E-state index in [1.165, 1.54) is 0 Å². The van der Waals surface area contributed by atoms with Crippen LogP contribution in [-0.4, -0.2) is 26.1 Å². The summed E-state index contributed by atoms with van der Waals surface area (Å²) in [5.74, 6) is 0.508. The molecule has 98 valence electrons. The Morgan fingerprint density at radius 2 is 2.28 bits per heavy atom. The number of carbonyl (C=O) groups excluding carboxylic acids is 1. The van der Waals surface area contributed by atoms with Gasteiger partial charge in [-0.2, -0.15) is 0 Å². The molecule has 18 heavy (non-hydrogen) atoms. The summed E-state index contributed by atoms with van der Waals surface area (Å²) in [7, 11) is 2.00. The van der Waals surface area contributed by atoms with Crippen molar-refractivity contribution in [1.29, 1.82) is 0 Å². The monoisotopic (exact) mass is 249 g/mol. The van der Waals surface area contributed by atoms with Crippen LogP contribution in [0.3, 0.4) is 0 Å². The number of benzene rings is 1. The highest BCUT2D eigenvalue weighted by molar-refractivity contribution is 5.97. The molecule has 3 N–H and O–H groups in total. The van der Waals surface area contributed by atoms with Gasteiger partial charge < -0.3 is 20.7 Å². The van der Waals surface area contributed by atoms with Crippen molar-refractivity contribution in [2.24, 2.45) is 0 Å². The van der Waals surface area contributed by atoms with E-state index >= 15 is 0 Å². The van der Waals surface area contributed by atoms with Crippen molar-refractivity contribution in [3.63, 3.8) is 0 Å². The zero-order chi connectivity index (χ0) is 13.1. The Morgan fingerprint density at radius 3 is 3.00 bits per heavy atom. The zero-order valence-corrected chi connectivity index (χ0v) is 10.8. The van der Waals surface area contributed by atoms with Crippen LogP contribution in [-0.2, 0) is 4.79 Å². The quantitative estimate of drug-likeness (QED) is 0.799. The summed E-state index contributed by atoms with van der Waals surface area (Å²) in [5.41, 5.74) is 8.30. The predicted molar refractivity (Wildman–Crippen MR) is 73.2 cm³/mol. The molecule has 0 saturated carbocycles. The molecule has 1 heterocycles. The molecule has 0 spiro atoms. The van der Waals surface area contributed by atoms with Gasteiger partial charge >= 0.3 is 0 Å². The first-order chi connectivity index (χ1) is 8.61. The molecular formula is C13H19N3O2. The second-order valence-corrected chi connectivity index (χ2v) is 4.52. The number of nitrogens with zero attached hydrogens (tertiary/aromatic N) is 1. The van der Waals surface area contributed by atoms with E-state index in [0.717, 1.165) is 25.1 Å². The molecule has 0 unspecified atom stereocenters. The normalized spacial score (nSPS) is 13.6. The molecule has 5 heteroatoms. The zero-order valence-electron chi connectivity index (χ0n) is 10.8. The lowest BCUT2D eigenvalue weighted by Gasteiger charge is -2.25. The van der Waals surface area contributed by atoms with Crippen molar-refractivity contribution in [2.45, 2.75) is 19.8 Å². The second-order valence-electron chi connectivity index (χ2n) is 4.52. The fourth-order valence-electron chi connectivity index (χ4n) is 1.98. The van der Waals surface area contributed by atoms with Gasteiger partial charge in [-0.3, -0.25) is 4.79 Å². The van der Waals surface area contributed by atoms with Gasteiger partial charge in [-0.05, 0) is 12.5 Å². The molecule has 1 amide bonds. The number of unbranched alkanes of at least 4 members (excludes halogenated alkanes) is 1. The molecule has 0 bridgehead atoms. The summed E-state index contributed by atoms with van der Waals surface area (Å²) >= 11 is 0. The molecule has 0 fully saturated rings. The van der Waals surface area contributed by atoms with Gasteiger partial charge in [-0.25, -0.2) is 0 Å². The summed E-state index contributed by atoms with van der Waals surface area (Å²) in [5, 5.41) is 2.79. The Morgan fingerprint density at radius 1 is 1.50 bits per heavy atom. The van der Waals surface area contributed by atoms with Gasteiger partial charge in [0, 0.05) is 19.7 Å². The Hall–Kier alpha value is -1.91. The Kier molecular flexibility index (Phi) is 3.60. The lowest BCUT2D eigenvalue weighted by molar-refractivity contribution is -0.118. The van der Waals surface area contributed by atoms with E-state index < -0.39 is 0 Å². The molecule has 1 aromatic carbocycles. The number of ether oxygens (including phenoxy) is 1. The highest BCUT2D eigenvalue weighted by atomic mass is 16.5. The third kappa shape index (κ3) is 2.50. The molecular weight excluding hydrogens is 230 g/mol. The van der Waals surface area contributed by atoms with Crippen LogP contribution in [0.5, 0.6) is 5.75 Å². The molecule has 1 aliphatic heterocycles. The summed E-state index contributed by atoms with van der Waals surface area (Å²) in [6.45, 7) is 3.14.